The van der Waals surface area contributed by atoms with E-state index in [0.29, 0.717) is 22.0 Å². The minimum absolute atomic E-state index is 0.0373. The van der Waals surface area contributed by atoms with Crippen molar-refractivity contribution in [1.82, 2.24) is 0 Å². The van der Waals surface area contributed by atoms with Crippen molar-refractivity contribution < 1.29 is 24.2 Å². The zero-order valence-corrected chi connectivity index (χ0v) is 14.6. The average Bonchev–Trinajstić information content (AvgIpc) is 2.62. The van der Waals surface area contributed by atoms with E-state index in [4.69, 9.17) is 9.84 Å². The molecule has 0 saturated heterocycles. The molecule has 0 unspecified atom stereocenters. The van der Waals surface area contributed by atoms with Crippen molar-refractivity contribution >= 4 is 40.9 Å². The van der Waals surface area contributed by atoms with Gasteiger partial charge in [-0.05, 0) is 30.3 Å². The van der Waals surface area contributed by atoms with E-state index in [1.54, 1.807) is 30.3 Å². The number of anilines is 2. The average molecular weight is 372 g/mol. The Balaban J connectivity index is 1.69. The molecule has 0 saturated carbocycles. The molecule has 0 radical (unpaired) electrons. The number of carboxylic acids is 1. The number of hydrogen-bond donors (Lipinski definition) is 3. The largest absolute Gasteiger partial charge is 0.497 e. The number of benzene rings is 2. The smallest absolute Gasteiger partial charge is 0.335 e. The Morgan fingerprint density at radius 2 is 2.08 bits per heavy atom. The summed E-state index contributed by atoms with van der Waals surface area (Å²) in [5, 5.41) is 13.9. The maximum atomic E-state index is 12.3. The van der Waals surface area contributed by atoms with Gasteiger partial charge in [0.1, 0.15) is 5.75 Å². The standard InChI is InChI=1S/C18H16N2O5S/c1-25-12-4-2-3-11(8-12)19-16(21)9-15-17(22)20-13-6-5-10(18(23)24)7-14(13)26-15/h2-8,15H,9H2,1H3,(H,19,21)(H,20,22)(H,23,24)/t15-/m1/s1. The molecule has 1 aliphatic rings. The molecular weight excluding hydrogens is 356 g/mol. The molecule has 1 atom stereocenters. The van der Waals surface area contributed by atoms with Crippen LogP contribution in [0.2, 0.25) is 0 Å². The van der Waals surface area contributed by atoms with E-state index in [1.165, 1.54) is 31.0 Å². The lowest BCUT2D eigenvalue weighted by molar-refractivity contribution is -0.120. The van der Waals surface area contributed by atoms with E-state index in [0.717, 1.165) is 0 Å². The van der Waals surface area contributed by atoms with Gasteiger partial charge in [0.05, 0.1) is 23.6 Å². The third kappa shape index (κ3) is 3.97. The van der Waals surface area contributed by atoms with Crippen molar-refractivity contribution in [1.29, 1.82) is 0 Å². The summed E-state index contributed by atoms with van der Waals surface area (Å²) < 4.78 is 5.11. The number of carbonyl (C=O) groups excluding carboxylic acids is 2. The van der Waals surface area contributed by atoms with E-state index in [-0.39, 0.29) is 23.8 Å². The number of hydrogen-bond acceptors (Lipinski definition) is 5. The predicted molar refractivity (Wildman–Crippen MR) is 97.9 cm³/mol. The number of methoxy groups -OCH3 is 1. The Morgan fingerprint density at radius 3 is 2.81 bits per heavy atom. The molecule has 2 aromatic rings. The van der Waals surface area contributed by atoms with Gasteiger partial charge in [0, 0.05) is 23.1 Å². The highest BCUT2D eigenvalue weighted by atomic mass is 32.2. The molecule has 1 heterocycles. The lowest BCUT2D eigenvalue weighted by atomic mass is 10.2. The lowest BCUT2D eigenvalue weighted by Gasteiger charge is -2.24. The van der Waals surface area contributed by atoms with Crippen LogP contribution in [0.5, 0.6) is 5.75 Å². The third-order valence-corrected chi connectivity index (χ3v) is 5.03. The van der Waals surface area contributed by atoms with Crippen LogP contribution in [0.4, 0.5) is 11.4 Å². The zero-order chi connectivity index (χ0) is 18.7. The van der Waals surface area contributed by atoms with E-state index in [1.807, 2.05) is 0 Å². The van der Waals surface area contributed by atoms with E-state index in [9.17, 15) is 14.4 Å². The number of ether oxygens (including phenoxy) is 1. The third-order valence-electron chi connectivity index (χ3n) is 3.77. The minimum Gasteiger partial charge on any atom is -0.497 e. The Labute approximate surface area is 153 Å². The number of rotatable bonds is 5. The molecule has 7 nitrogen and oxygen atoms in total. The maximum absolute atomic E-state index is 12.3. The summed E-state index contributed by atoms with van der Waals surface area (Å²) in [6.45, 7) is 0. The molecule has 0 spiro atoms. The summed E-state index contributed by atoms with van der Waals surface area (Å²) in [7, 11) is 1.53. The first-order chi connectivity index (χ1) is 12.5. The highest BCUT2D eigenvalue weighted by Gasteiger charge is 2.29. The normalized spacial score (nSPS) is 15.6. The highest BCUT2D eigenvalue weighted by Crippen LogP contribution is 2.37. The molecular formula is C18H16N2O5S. The monoisotopic (exact) mass is 372 g/mol. The fraction of sp³-hybridized carbons (Fsp3) is 0.167. The number of fused-ring (bicyclic) bond motifs is 1. The van der Waals surface area contributed by atoms with Gasteiger partial charge in [-0.3, -0.25) is 9.59 Å². The molecule has 2 amide bonds. The Bertz CT molecular complexity index is 884. The summed E-state index contributed by atoms with van der Waals surface area (Å²) >= 11 is 1.18. The fourth-order valence-electron chi connectivity index (χ4n) is 2.49. The zero-order valence-electron chi connectivity index (χ0n) is 13.8. The summed E-state index contributed by atoms with van der Waals surface area (Å²) in [6.07, 6.45) is -0.0373. The van der Waals surface area contributed by atoms with Gasteiger partial charge in [-0.1, -0.05) is 6.07 Å². The fourth-order valence-corrected chi connectivity index (χ4v) is 3.64. The number of amides is 2. The van der Waals surface area contributed by atoms with Gasteiger partial charge < -0.3 is 20.5 Å². The van der Waals surface area contributed by atoms with Crippen LogP contribution in [0.3, 0.4) is 0 Å². The number of carboxylic acid groups (broad SMARTS) is 1. The first kappa shape index (κ1) is 17.8. The molecule has 26 heavy (non-hydrogen) atoms. The van der Waals surface area contributed by atoms with Gasteiger partial charge in [0.15, 0.2) is 0 Å². The van der Waals surface area contributed by atoms with Crippen molar-refractivity contribution in [2.75, 3.05) is 17.7 Å². The second kappa shape index (κ2) is 7.49. The molecule has 134 valence electrons. The van der Waals surface area contributed by atoms with Crippen LogP contribution in [0.25, 0.3) is 0 Å². The lowest BCUT2D eigenvalue weighted by Crippen LogP contribution is -2.32. The second-order valence-electron chi connectivity index (χ2n) is 5.60. The number of aromatic carboxylic acids is 1. The maximum Gasteiger partial charge on any atom is 0.335 e. The number of thioether (sulfide) groups is 1. The summed E-state index contributed by atoms with van der Waals surface area (Å²) in [5.41, 5.74) is 1.26. The topological polar surface area (TPSA) is 105 Å². The van der Waals surface area contributed by atoms with Crippen molar-refractivity contribution in [3.05, 3.63) is 48.0 Å². The predicted octanol–water partition coefficient (Wildman–Crippen LogP) is 2.83. The van der Waals surface area contributed by atoms with Crippen molar-refractivity contribution in [2.24, 2.45) is 0 Å². The second-order valence-corrected chi connectivity index (χ2v) is 6.84. The molecule has 2 aromatic carbocycles. The first-order valence-corrected chi connectivity index (χ1v) is 8.63. The minimum atomic E-state index is -1.04. The van der Waals surface area contributed by atoms with Gasteiger partial charge in [-0.15, -0.1) is 11.8 Å². The molecule has 0 fully saturated rings. The summed E-state index contributed by atoms with van der Waals surface area (Å²) in [6, 6.07) is 11.4. The van der Waals surface area contributed by atoms with E-state index in [2.05, 4.69) is 10.6 Å². The molecule has 3 N–H and O–H groups in total. The van der Waals surface area contributed by atoms with E-state index < -0.39 is 11.2 Å². The van der Waals surface area contributed by atoms with Crippen LogP contribution in [0.15, 0.2) is 47.4 Å². The number of nitrogens with one attached hydrogen (secondary N) is 2. The van der Waals surface area contributed by atoms with Gasteiger partial charge in [-0.2, -0.15) is 0 Å². The molecule has 0 aromatic heterocycles. The van der Waals surface area contributed by atoms with Crippen LogP contribution >= 0.6 is 11.8 Å². The van der Waals surface area contributed by atoms with Gasteiger partial charge in [0.25, 0.3) is 0 Å². The molecule has 1 aliphatic heterocycles. The Morgan fingerprint density at radius 1 is 1.27 bits per heavy atom. The van der Waals surface area contributed by atoms with Crippen LogP contribution in [0, 0.1) is 0 Å². The summed E-state index contributed by atoms with van der Waals surface area (Å²) in [5.74, 6) is -1.03. The van der Waals surface area contributed by atoms with Crippen LogP contribution in [0.1, 0.15) is 16.8 Å². The summed E-state index contributed by atoms with van der Waals surface area (Å²) in [4.78, 5) is 36.2. The van der Waals surface area contributed by atoms with Crippen molar-refractivity contribution in [3.8, 4) is 5.75 Å². The molecule has 8 heteroatoms. The van der Waals surface area contributed by atoms with Gasteiger partial charge in [0.2, 0.25) is 11.8 Å². The Kier molecular flexibility index (Phi) is 5.13. The van der Waals surface area contributed by atoms with Crippen molar-refractivity contribution in [2.45, 2.75) is 16.6 Å². The molecule has 0 aliphatic carbocycles. The molecule has 3 rings (SSSR count). The van der Waals surface area contributed by atoms with Crippen LogP contribution < -0.4 is 15.4 Å². The van der Waals surface area contributed by atoms with Crippen LogP contribution in [-0.2, 0) is 9.59 Å². The molecule has 0 bridgehead atoms. The van der Waals surface area contributed by atoms with Gasteiger partial charge >= 0.3 is 5.97 Å². The van der Waals surface area contributed by atoms with Crippen molar-refractivity contribution in [3.63, 3.8) is 0 Å². The van der Waals surface area contributed by atoms with Gasteiger partial charge in [-0.25, -0.2) is 4.79 Å². The highest BCUT2D eigenvalue weighted by molar-refractivity contribution is 8.01. The van der Waals surface area contributed by atoms with E-state index >= 15 is 0 Å². The first-order valence-electron chi connectivity index (χ1n) is 7.75. The Hall–Kier alpha value is -3.00. The van der Waals surface area contributed by atoms with Crippen LogP contribution in [-0.4, -0.2) is 35.2 Å². The number of carbonyl (C=O) groups is 3. The quantitative estimate of drug-likeness (QED) is 0.745. The SMILES string of the molecule is COc1cccc(NC(=O)C[C@H]2Sc3cc(C(=O)O)ccc3NC2=O)c1.